The highest BCUT2D eigenvalue weighted by atomic mass is 32.2. The number of aryl methyl sites for hydroxylation is 1. The van der Waals surface area contributed by atoms with Gasteiger partial charge >= 0.3 is 0 Å². The standard InChI is InChI=1S/C23H25FN4OS/c1-3-16-8-10-17(11-9-16)14-27(2)21(29)15-30-23-26-25-22(28(23)18-12-13-18)19-6-4-5-7-20(19)24/h4-11,18H,3,12-15H2,1-2H3. The maximum atomic E-state index is 14.3. The van der Waals surface area contributed by atoms with Crippen molar-refractivity contribution in [1.82, 2.24) is 19.7 Å². The van der Waals surface area contributed by atoms with Gasteiger partial charge in [-0.1, -0.05) is 55.1 Å². The van der Waals surface area contributed by atoms with Gasteiger partial charge in [0.05, 0.1) is 11.3 Å². The molecule has 156 valence electrons. The van der Waals surface area contributed by atoms with Crippen molar-refractivity contribution in [3.8, 4) is 11.4 Å². The van der Waals surface area contributed by atoms with E-state index in [1.807, 2.05) is 11.6 Å². The zero-order valence-electron chi connectivity index (χ0n) is 17.2. The fraction of sp³-hybridized carbons (Fsp3) is 0.348. The van der Waals surface area contributed by atoms with Crippen LogP contribution in [0.4, 0.5) is 4.39 Å². The van der Waals surface area contributed by atoms with Crippen LogP contribution in [0.5, 0.6) is 0 Å². The predicted octanol–water partition coefficient (Wildman–Crippen LogP) is 4.73. The first-order valence-corrected chi connectivity index (χ1v) is 11.2. The molecule has 1 aromatic heterocycles. The van der Waals surface area contributed by atoms with Crippen LogP contribution in [0, 0.1) is 5.82 Å². The van der Waals surface area contributed by atoms with Crippen molar-refractivity contribution < 1.29 is 9.18 Å². The Labute approximate surface area is 180 Å². The molecule has 30 heavy (non-hydrogen) atoms. The molecule has 1 fully saturated rings. The van der Waals surface area contributed by atoms with Crippen LogP contribution in [0.3, 0.4) is 0 Å². The summed E-state index contributed by atoms with van der Waals surface area (Å²) >= 11 is 1.37. The Morgan fingerprint density at radius 1 is 1.13 bits per heavy atom. The van der Waals surface area contributed by atoms with Crippen molar-refractivity contribution in [3.63, 3.8) is 0 Å². The smallest absolute Gasteiger partial charge is 0.233 e. The number of hydrogen-bond donors (Lipinski definition) is 0. The Hall–Kier alpha value is -2.67. The summed E-state index contributed by atoms with van der Waals surface area (Å²) < 4.78 is 16.3. The highest BCUT2D eigenvalue weighted by Crippen LogP contribution is 2.41. The number of aromatic nitrogens is 3. The molecule has 1 amide bonds. The van der Waals surface area contributed by atoms with Gasteiger partial charge in [0.1, 0.15) is 5.82 Å². The van der Waals surface area contributed by atoms with E-state index in [0.29, 0.717) is 23.1 Å². The van der Waals surface area contributed by atoms with Gasteiger partial charge in [0.25, 0.3) is 0 Å². The van der Waals surface area contributed by atoms with E-state index in [0.717, 1.165) is 24.8 Å². The minimum atomic E-state index is -0.312. The first-order chi connectivity index (χ1) is 14.6. The average Bonchev–Trinajstić information content (AvgIpc) is 3.52. The molecule has 7 heteroatoms. The van der Waals surface area contributed by atoms with Crippen LogP contribution in [-0.4, -0.2) is 38.4 Å². The lowest BCUT2D eigenvalue weighted by atomic mass is 10.1. The second kappa shape index (κ2) is 9.00. The van der Waals surface area contributed by atoms with E-state index < -0.39 is 0 Å². The van der Waals surface area contributed by atoms with E-state index in [4.69, 9.17) is 0 Å². The van der Waals surface area contributed by atoms with Crippen molar-refractivity contribution in [2.24, 2.45) is 0 Å². The first kappa shape index (κ1) is 20.6. The molecule has 1 aliphatic carbocycles. The zero-order chi connectivity index (χ0) is 21.1. The number of nitrogens with zero attached hydrogens (tertiary/aromatic N) is 4. The quantitative estimate of drug-likeness (QED) is 0.491. The molecular weight excluding hydrogens is 399 g/mol. The Morgan fingerprint density at radius 3 is 2.50 bits per heavy atom. The number of carbonyl (C=O) groups excluding carboxylic acids is 1. The molecule has 2 aromatic carbocycles. The van der Waals surface area contributed by atoms with Crippen molar-refractivity contribution in [2.75, 3.05) is 12.8 Å². The molecule has 5 nitrogen and oxygen atoms in total. The van der Waals surface area contributed by atoms with Gasteiger partial charge < -0.3 is 4.90 Å². The number of amides is 1. The van der Waals surface area contributed by atoms with Gasteiger partial charge in [0.15, 0.2) is 11.0 Å². The zero-order valence-corrected chi connectivity index (χ0v) is 18.0. The molecule has 4 rings (SSSR count). The monoisotopic (exact) mass is 424 g/mol. The third-order valence-electron chi connectivity index (χ3n) is 5.29. The van der Waals surface area contributed by atoms with E-state index in [2.05, 4.69) is 41.4 Å². The summed E-state index contributed by atoms with van der Waals surface area (Å²) in [6, 6.07) is 15.2. The molecule has 0 N–H and O–H groups in total. The summed E-state index contributed by atoms with van der Waals surface area (Å²) in [7, 11) is 1.81. The maximum absolute atomic E-state index is 14.3. The minimum Gasteiger partial charge on any atom is -0.341 e. The summed E-state index contributed by atoms with van der Waals surface area (Å²) in [6.45, 7) is 2.69. The third kappa shape index (κ3) is 4.56. The highest BCUT2D eigenvalue weighted by molar-refractivity contribution is 7.99. The molecule has 0 aliphatic heterocycles. The average molecular weight is 425 g/mol. The molecule has 3 aromatic rings. The lowest BCUT2D eigenvalue weighted by molar-refractivity contribution is -0.127. The fourth-order valence-corrected chi connectivity index (χ4v) is 4.29. The topological polar surface area (TPSA) is 51.0 Å². The summed E-state index contributed by atoms with van der Waals surface area (Å²) in [5, 5.41) is 9.18. The van der Waals surface area contributed by atoms with Gasteiger partial charge in [-0.2, -0.15) is 0 Å². The SMILES string of the molecule is CCc1ccc(CN(C)C(=O)CSc2nnc(-c3ccccc3F)n2C2CC2)cc1. The summed E-state index contributed by atoms with van der Waals surface area (Å²) in [6.07, 6.45) is 3.05. The fourth-order valence-electron chi connectivity index (χ4n) is 3.34. The molecule has 1 aliphatic rings. The molecular formula is C23H25FN4OS. The molecule has 0 unspecified atom stereocenters. The van der Waals surface area contributed by atoms with E-state index in [1.165, 1.54) is 23.4 Å². The number of benzene rings is 2. The molecule has 0 atom stereocenters. The van der Waals surface area contributed by atoms with Crippen LogP contribution >= 0.6 is 11.8 Å². The van der Waals surface area contributed by atoms with Gasteiger partial charge in [-0.25, -0.2) is 4.39 Å². The van der Waals surface area contributed by atoms with Gasteiger partial charge in [0.2, 0.25) is 5.91 Å². The third-order valence-corrected chi connectivity index (χ3v) is 6.22. The van der Waals surface area contributed by atoms with Crippen molar-refractivity contribution in [2.45, 2.75) is 43.9 Å². The largest absolute Gasteiger partial charge is 0.341 e. The van der Waals surface area contributed by atoms with E-state index >= 15 is 0 Å². The lowest BCUT2D eigenvalue weighted by Crippen LogP contribution is -2.27. The van der Waals surface area contributed by atoms with Gasteiger partial charge in [-0.15, -0.1) is 10.2 Å². The predicted molar refractivity (Wildman–Crippen MR) is 117 cm³/mol. The number of thioether (sulfide) groups is 1. The Kier molecular flexibility index (Phi) is 6.18. The number of hydrogen-bond acceptors (Lipinski definition) is 4. The maximum Gasteiger partial charge on any atom is 0.233 e. The molecule has 1 heterocycles. The minimum absolute atomic E-state index is 0.0253. The molecule has 0 bridgehead atoms. The molecule has 1 saturated carbocycles. The normalized spacial score (nSPS) is 13.4. The summed E-state index contributed by atoms with van der Waals surface area (Å²) in [5.41, 5.74) is 2.84. The lowest BCUT2D eigenvalue weighted by Gasteiger charge is -2.17. The van der Waals surface area contributed by atoms with Gasteiger partial charge in [-0.3, -0.25) is 9.36 Å². The van der Waals surface area contributed by atoms with E-state index in [1.54, 1.807) is 23.1 Å². The Morgan fingerprint density at radius 2 is 1.83 bits per heavy atom. The van der Waals surface area contributed by atoms with E-state index in [-0.39, 0.29) is 23.5 Å². The summed E-state index contributed by atoms with van der Waals surface area (Å²) in [4.78, 5) is 14.4. The second-order valence-electron chi connectivity index (χ2n) is 7.60. The van der Waals surface area contributed by atoms with Crippen molar-refractivity contribution in [1.29, 1.82) is 0 Å². The second-order valence-corrected chi connectivity index (χ2v) is 8.54. The van der Waals surface area contributed by atoms with Crippen LogP contribution in [0.1, 0.15) is 36.9 Å². The van der Waals surface area contributed by atoms with Crippen LogP contribution < -0.4 is 0 Å². The highest BCUT2D eigenvalue weighted by Gasteiger charge is 2.31. The number of carbonyl (C=O) groups is 1. The Bertz CT molecular complexity index is 1030. The van der Waals surface area contributed by atoms with Gasteiger partial charge in [0, 0.05) is 19.6 Å². The number of rotatable bonds is 8. The van der Waals surface area contributed by atoms with E-state index in [9.17, 15) is 9.18 Å². The van der Waals surface area contributed by atoms with Crippen LogP contribution in [0.2, 0.25) is 0 Å². The molecule has 0 radical (unpaired) electrons. The number of halogens is 1. The van der Waals surface area contributed by atoms with Crippen LogP contribution in [0.25, 0.3) is 11.4 Å². The summed E-state index contributed by atoms with van der Waals surface area (Å²) in [5.74, 6) is 0.520. The first-order valence-electron chi connectivity index (χ1n) is 10.2. The van der Waals surface area contributed by atoms with Crippen molar-refractivity contribution in [3.05, 3.63) is 65.5 Å². The molecule has 0 saturated heterocycles. The van der Waals surface area contributed by atoms with Crippen LogP contribution in [-0.2, 0) is 17.8 Å². The Balaban J connectivity index is 1.43. The van der Waals surface area contributed by atoms with Crippen molar-refractivity contribution >= 4 is 17.7 Å². The van der Waals surface area contributed by atoms with Gasteiger partial charge in [-0.05, 0) is 42.5 Å². The van der Waals surface area contributed by atoms with Crippen LogP contribution in [0.15, 0.2) is 53.7 Å². The molecule has 0 spiro atoms.